The van der Waals surface area contributed by atoms with Crippen molar-refractivity contribution in [3.05, 3.63) is 150 Å². The van der Waals surface area contributed by atoms with Gasteiger partial charge < -0.3 is 19.4 Å². The number of allylic oxidation sites excluding steroid dienone is 9. The van der Waals surface area contributed by atoms with Crippen molar-refractivity contribution in [2.45, 2.75) is 70.0 Å². The van der Waals surface area contributed by atoms with E-state index in [1.165, 1.54) is 123 Å². The Morgan fingerprint density at radius 3 is 1.72 bits per heavy atom. The van der Waals surface area contributed by atoms with Gasteiger partial charge in [0.25, 0.3) is 0 Å². The van der Waals surface area contributed by atoms with Gasteiger partial charge in [0, 0.05) is 81.0 Å². The summed E-state index contributed by atoms with van der Waals surface area (Å²) in [6, 6.07) is 37.0. The van der Waals surface area contributed by atoms with Crippen LogP contribution in [0, 0.1) is 17.8 Å². The molecular formula is C49H48N4. The number of rotatable bonds is 7. The molecule has 53 heavy (non-hydrogen) atoms. The monoisotopic (exact) mass is 692 g/mol. The Hall–Kier alpha value is -5.22. The fourth-order valence-electron chi connectivity index (χ4n) is 11.4. The normalized spacial score (nSPS) is 25.6. The molecule has 0 amide bonds. The molecular weight excluding hydrogens is 645 g/mol. The van der Waals surface area contributed by atoms with Crippen LogP contribution in [0.1, 0.15) is 51.4 Å². The molecule has 4 aromatic carbocycles. The first-order valence-electron chi connectivity index (χ1n) is 20.3. The zero-order chi connectivity index (χ0) is 35.0. The summed E-state index contributed by atoms with van der Waals surface area (Å²) >= 11 is 0. The summed E-state index contributed by atoms with van der Waals surface area (Å²) < 4.78 is 5.10. The van der Waals surface area contributed by atoms with Gasteiger partial charge in [-0.25, -0.2) is 0 Å². The van der Waals surface area contributed by atoms with Gasteiger partial charge in [-0.3, -0.25) is 0 Å². The minimum atomic E-state index is 0.316. The summed E-state index contributed by atoms with van der Waals surface area (Å²) in [6.07, 6.45) is 23.1. The highest BCUT2D eigenvalue weighted by Crippen LogP contribution is 2.53. The number of nitrogens with zero attached hydrogens (tertiary/aromatic N) is 3. The SMILES string of the molecule is CN/C(=C(\C=C/Cn1c2ccccc2c2ccccc21)C1=C(n2c3ccccc3c3ccccc32)C2C=C2C=C1)N1C2CCCCC2C2CCCCC21. The van der Waals surface area contributed by atoms with Crippen molar-refractivity contribution in [1.82, 2.24) is 19.4 Å². The quantitative estimate of drug-likeness (QED) is 0.169. The number of fused-ring (bicyclic) bond motifs is 10. The zero-order valence-electron chi connectivity index (χ0n) is 30.7. The molecule has 0 spiro atoms. The molecule has 11 rings (SSSR count). The van der Waals surface area contributed by atoms with Gasteiger partial charge in [-0.2, -0.15) is 0 Å². The summed E-state index contributed by atoms with van der Waals surface area (Å²) in [5, 5.41) is 9.23. The van der Waals surface area contributed by atoms with Gasteiger partial charge in [-0.1, -0.05) is 129 Å². The highest BCUT2D eigenvalue weighted by Gasteiger charge is 2.51. The van der Waals surface area contributed by atoms with E-state index in [9.17, 15) is 0 Å². The minimum Gasteiger partial charge on any atom is -0.374 e. The second kappa shape index (κ2) is 12.4. The van der Waals surface area contributed by atoms with Crippen molar-refractivity contribution in [2.24, 2.45) is 17.8 Å². The van der Waals surface area contributed by atoms with Gasteiger partial charge in [-0.05, 0) is 67.4 Å². The molecule has 5 unspecified atom stereocenters. The number of likely N-dealkylation sites (tertiary alicyclic amines) is 1. The van der Waals surface area contributed by atoms with Crippen LogP contribution in [0.5, 0.6) is 0 Å². The molecule has 5 aliphatic rings. The zero-order valence-corrected chi connectivity index (χ0v) is 30.7. The maximum Gasteiger partial charge on any atom is 0.110 e. The van der Waals surface area contributed by atoms with Gasteiger partial charge in [-0.15, -0.1) is 0 Å². The van der Waals surface area contributed by atoms with Crippen LogP contribution in [0.25, 0.3) is 49.3 Å². The molecule has 1 saturated heterocycles. The van der Waals surface area contributed by atoms with Gasteiger partial charge in [0.1, 0.15) is 5.82 Å². The Morgan fingerprint density at radius 2 is 1.15 bits per heavy atom. The molecule has 264 valence electrons. The minimum absolute atomic E-state index is 0.316. The molecule has 3 fully saturated rings. The number of nitrogens with one attached hydrogen (secondary N) is 1. The van der Waals surface area contributed by atoms with Crippen LogP contribution in [-0.4, -0.2) is 33.2 Å². The van der Waals surface area contributed by atoms with Crippen LogP contribution in [0.3, 0.4) is 0 Å². The van der Waals surface area contributed by atoms with E-state index in [-0.39, 0.29) is 0 Å². The van der Waals surface area contributed by atoms with Gasteiger partial charge >= 0.3 is 0 Å². The van der Waals surface area contributed by atoms with Crippen LogP contribution < -0.4 is 5.32 Å². The first-order valence-corrected chi connectivity index (χ1v) is 20.3. The average molecular weight is 693 g/mol. The van der Waals surface area contributed by atoms with Crippen molar-refractivity contribution < 1.29 is 0 Å². The topological polar surface area (TPSA) is 25.1 Å². The van der Waals surface area contributed by atoms with Crippen molar-refractivity contribution in [2.75, 3.05) is 7.05 Å². The lowest BCUT2D eigenvalue weighted by atomic mass is 9.73. The van der Waals surface area contributed by atoms with Crippen LogP contribution in [0.15, 0.2) is 150 Å². The smallest absolute Gasteiger partial charge is 0.110 e. The second-order valence-electron chi connectivity index (χ2n) is 16.1. The lowest BCUT2D eigenvalue weighted by Gasteiger charge is -2.39. The summed E-state index contributed by atoms with van der Waals surface area (Å²) in [6.45, 7) is 0.807. The van der Waals surface area contributed by atoms with E-state index in [1.54, 1.807) is 0 Å². The summed E-state index contributed by atoms with van der Waals surface area (Å²) in [7, 11) is 2.19. The van der Waals surface area contributed by atoms with E-state index in [0.717, 1.165) is 18.4 Å². The van der Waals surface area contributed by atoms with Gasteiger partial charge in [0.2, 0.25) is 0 Å². The molecule has 1 aliphatic heterocycles. The average Bonchev–Trinajstić information content (AvgIpc) is 3.72. The molecule has 6 aromatic rings. The van der Waals surface area contributed by atoms with Crippen molar-refractivity contribution in [1.29, 1.82) is 0 Å². The first-order chi connectivity index (χ1) is 26.3. The molecule has 4 aliphatic carbocycles. The molecule has 4 heteroatoms. The van der Waals surface area contributed by atoms with Crippen LogP contribution >= 0.6 is 0 Å². The molecule has 2 saturated carbocycles. The van der Waals surface area contributed by atoms with E-state index >= 15 is 0 Å². The summed E-state index contributed by atoms with van der Waals surface area (Å²) in [4.78, 5) is 2.94. The first kappa shape index (κ1) is 31.3. The number of para-hydroxylation sites is 4. The Balaban J connectivity index is 1.14. The van der Waals surface area contributed by atoms with E-state index in [4.69, 9.17) is 0 Å². The maximum absolute atomic E-state index is 3.93. The van der Waals surface area contributed by atoms with E-state index < -0.39 is 0 Å². The Bertz CT molecular complexity index is 2460. The number of hydrogen-bond donors (Lipinski definition) is 1. The molecule has 2 aromatic heterocycles. The summed E-state index contributed by atoms with van der Waals surface area (Å²) in [5.41, 5.74) is 10.7. The van der Waals surface area contributed by atoms with E-state index in [1.807, 2.05) is 0 Å². The molecule has 1 N–H and O–H groups in total. The summed E-state index contributed by atoms with van der Waals surface area (Å²) in [5.74, 6) is 3.27. The number of benzene rings is 4. The van der Waals surface area contributed by atoms with Crippen molar-refractivity contribution in [3.8, 4) is 0 Å². The van der Waals surface area contributed by atoms with Crippen molar-refractivity contribution in [3.63, 3.8) is 0 Å². The Labute approximate surface area is 312 Å². The highest BCUT2D eigenvalue weighted by molar-refractivity contribution is 6.11. The van der Waals surface area contributed by atoms with E-state index in [2.05, 4.69) is 154 Å². The molecule has 4 nitrogen and oxygen atoms in total. The number of aromatic nitrogens is 2. The third kappa shape index (κ3) is 4.80. The predicted molar refractivity (Wildman–Crippen MR) is 221 cm³/mol. The van der Waals surface area contributed by atoms with Crippen molar-refractivity contribution >= 4 is 49.3 Å². The van der Waals surface area contributed by atoms with E-state index in [0.29, 0.717) is 18.0 Å². The highest BCUT2D eigenvalue weighted by atomic mass is 15.3. The third-order valence-corrected chi connectivity index (χ3v) is 13.6. The number of hydrogen-bond acceptors (Lipinski definition) is 2. The Morgan fingerprint density at radius 1 is 0.642 bits per heavy atom. The maximum atomic E-state index is 3.93. The fourth-order valence-corrected chi connectivity index (χ4v) is 11.4. The third-order valence-electron chi connectivity index (χ3n) is 13.6. The van der Waals surface area contributed by atoms with Crippen LogP contribution in [-0.2, 0) is 6.54 Å². The lowest BCUT2D eigenvalue weighted by molar-refractivity contribution is 0.173. The van der Waals surface area contributed by atoms with Crippen LogP contribution in [0.4, 0.5) is 0 Å². The second-order valence-corrected chi connectivity index (χ2v) is 16.1. The predicted octanol–water partition coefficient (Wildman–Crippen LogP) is 11.4. The van der Waals surface area contributed by atoms with Gasteiger partial charge in [0.15, 0.2) is 0 Å². The molecule has 0 radical (unpaired) electrons. The molecule has 3 heterocycles. The largest absolute Gasteiger partial charge is 0.374 e. The lowest BCUT2D eigenvalue weighted by Crippen LogP contribution is -2.43. The fraction of sp³-hybridized carbons (Fsp3) is 0.306. The van der Waals surface area contributed by atoms with Crippen LogP contribution in [0.2, 0.25) is 0 Å². The standard InChI is InChI=1S/C49H48N4/c1-50-49(53-46-26-12-6-19-37(46)38-20-7-13-27-47(38)53)40(21-14-30-51-42-22-8-2-15-33(42)34-16-3-9-23-43(34)51)39-29-28-32-31-41(32)48(39)52-44-24-10-4-17-35(44)36-18-5-11-25-45(36)52/h2-5,8-11,14-18,21-25,28-29,31,37-38,41,46-47,50H,6-7,12-13,19-20,26-27,30H2,1H3/b21-14-,49-40-. The van der Waals surface area contributed by atoms with Gasteiger partial charge in [0.05, 0.1) is 11.0 Å². The Kier molecular flexibility index (Phi) is 7.35. The molecule has 5 atom stereocenters. The molecule has 0 bridgehead atoms.